The van der Waals surface area contributed by atoms with Crippen LogP contribution in [0.5, 0.6) is 0 Å². The molecule has 0 amide bonds. The van der Waals surface area contributed by atoms with Gasteiger partial charge in [-0.3, -0.25) is 4.79 Å². The molecule has 0 atom stereocenters. The van der Waals surface area contributed by atoms with Crippen LogP contribution in [0.3, 0.4) is 0 Å². The second-order valence-electron chi connectivity index (χ2n) is 7.53. The molecule has 0 saturated heterocycles. The Morgan fingerprint density at radius 1 is 0.733 bits per heavy atom. The summed E-state index contributed by atoms with van der Waals surface area (Å²) in [5.74, 6) is -0.837. The number of benzene rings is 3. The number of fused-ring (bicyclic) bond motifs is 3. The molecule has 2 aromatic heterocycles. The molecule has 0 spiro atoms. The highest BCUT2D eigenvalue weighted by atomic mass is 19.1. The van der Waals surface area contributed by atoms with Gasteiger partial charge < -0.3 is 15.3 Å². The second kappa shape index (κ2) is 5.79. The normalized spacial score (nSPS) is 14.9. The fourth-order valence-corrected chi connectivity index (χ4v) is 4.59. The van der Waals surface area contributed by atoms with Crippen molar-refractivity contribution in [3.8, 4) is 0 Å². The third kappa shape index (κ3) is 2.10. The summed E-state index contributed by atoms with van der Waals surface area (Å²) in [5.41, 5.74) is 2.62. The lowest BCUT2D eigenvalue weighted by Crippen LogP contribution is -2.39. The van der Waals surface area contributed by atoms with Gasteiger partial charge in [0.15, 0.2) is 11.3 Å². The Hall–Kier alpha value is -3.93. The van der Waals surface area contributed by atoms with Crippen molar-refractivity contribution in [2.24, 2.45) is 0 Å². The number of hydrogen-bond donors (Lipinski definition) is 3. The summed E-state index contributed by atoms with van der Waals surface area (Å²) in [6.45, 7) is 0. The van der Waals surface area contributed by atoms with Crippen LogP contribution in [0.1, 0.15) is 21.5 Å². The largest absolute Gasteiger partial charge is 0.365 e. The fourth-order valence-electron chi connectivity index (χ4n) is 4.59. The molecular formula is C24H15F2N3O. The summed E-state index contributed by atoms with van der Waals surface area (Å²) < 4.78 is 27.6. The summed E-state index contributed by atoms with van der Waals surface area (Å²) in [6.07, 6.45) is 3.48. The van der Waals surface area contributed by atoms with E-state index in [0.29, 0.717) is 27.7 Å². The van der Waals surface area contributed by atoms with Gasteiger partial charge in [-0.05, 0) is 48.5 Å². The first-order chi connectivity index (χ1) is 14.6. The molecule has 6 heteroatoms. The molecular weight excluding hydrogens is 384 g/mol. The van der Waals surface area contributed by atoms with Crippen molar-refractivity contribution < 1.29 is 13.6 Å². The maximum Gasteiger partial charge on any atom is 0.199 e. The number of H-pyrrole nitrogens is 2. The van der Waals surface area contributed by atoms with E-state index in [2.05, 4.69) is 15.3 Å². The van der Waals surface area contributed by atoms with Gasteiger partial charge in [0.25, 0.3) is 0 Å². The minimum atomic E-state index is -1.24. The van der Waals surface area contributed by atoms with Crippen LogP contribution in [0.2, 0.25) is 0 Å². The molecule has 3 heterocycles. The lowest BCUT2D eigenvalue weighted by atomic mass is 9.79. The van der Waals surface area contributed by atoms with E-state index in [0.717, 1.165) is 16.5 Å². The maximum atomic E-state index is 13.9. The van der Waals surface area contributed by atoms with Gasteiger partial charge in [0.1, 0.15) is 11.6 Å². The number of nitrogens with one attached hydrogen (secondary N) is 3. The first-order valence-corrected chi connectivity index (χ1v) is 9.54. The fraction of sp³-hybridized carbons (Fsp3) is 0.0417. The zero-order chi connectivity index (χ0) is 20.5. The van der Waals surface area contributed by atoms with E-state index in [-0.39, 0.29) is 17.4 Å². The lowest BCUT2D eigenvalue weighted by molar-refractivity contribution is 0.0942. The third-order valence-electron chi connectivity index (χ3n) is 5.93. The number of rotatable bonds is 2. The molecule has 6 rings (SSSR count). The maximum absolute atomic E-state index is 13.9. The number of halogens is 2. The van der Waals surface area contributed by atoms with Crippen molar-refractivity contribution in [2.45, 2.75) is 5.54 Å². The predicted molar refractivity (Wildman–Crippen MR) is 112 cm³/mol. The van der Waals surface area contributed by atoms with Crippen molar-refractivity contribution in [3.63, 3.8) is 0 Å². The molecule has 3 N–H and O–H groups in total. The molecule has 1 aliphatic heterocycles. The summed E-state index contributed by atoms with van der Waals surface area (Å²) in [4.78, 5) is 20.1. The Kier molecular flexibility index (Phi) is 3.28. The third-order valence-corrected chi connectivity index (χ3v) is 5.93. The van der Waals surface area contributed by atoms with Crippen molar-refractivity contribution in [1.29, 1.82) is 0 Å². The number of hydrogen-bond acceptors (Lipinski definition) is 2. The lowest BCUT2D eigenvalue weighted by Gasteiger charge is -2.28. The van der Waals surface area contributed by atoms with Crippen LogP contribution in [0.4, 0.5) is 14.5 Å². The summed E-state index contributed by atoms with van der Waals surface area (Å²) in [5, 5.41) is 4.91. The highest BCUT2D eigenvalue weighted by Gasteiger charge is 2.50. The van der Waals surface area contributed by atoms with Gasteiger partial charge in [-0.1, -0.05) is 12.1 Å². The van der Waals surface area contributed by atoms with E-state index in [1.807, 2.05) is 18.2 Å². The van der Waals surface area contributed by atoms with Crippen LogP contribution in [-0.4, -0.2) is 15.8 Å². The van der Waals surface area contributed by atoms with Gasteiger partial charge in [-0.25, -0.2) is 8.78 Å². The number of para-hydroxylation sites is 1. The Bertz CT molecular complexity index is 1400. The van der Waals surface area contributed by atoms with E-state index >= 15 is 0 Å². The minimum Gasteiger partial charge on any atom is -0.365 e. The van der Waals surface area contributed by atoms with E-state index in [4.69, 9.17) is 0 Å². The smallest absolute Gasteiger partial charge is 0.199 e. The topological polar surface area (TPSA) is 60.7 Å². The summed E-state index contributed by atoms with van der Waals surface area (Å²) in [6, 6.07) is 16.2. The van der Waals surface area contributed by atoms with Gasteiger partial charge in [0.05, 0.1) is 0 Å². The van der Waals surface area contributed by atoms with Gasteiger partial charge in [-0.15, -0.1) is 0 Å². The molecule has 3 aromatic carbocycles. The number of Topliss-reactive ketones (excluding diaryl/α,β-unsaturated/α-hetero) is 1. The number of carbonyl (C=O) groups excluding carboxylic acids is 1. The molecule has 0 unspecified atom stereocenters. The Balaban J connectivity index is 1.71. The molecule has 5 aromatic rings. The van der Waals surface area contributed by atoms with Gasteiger partial charge in [-0.2, -0.15) is 0 Å². The van der Waals surface area contributed by atoms with E-state index in [1.54, 1.807) is 30.6 Å². The Morgan fingerprint density at radius 3 is 1.87 bits per heavy atom. The standard InChI is InChI=1S/C24H15F2N3O/c25-13-5-7-15-18(11-27-21(15)9-13)24(23(30)17-3-1-2-4-20(17)29-24)19-12-28-22-10-14(26)6-8-16(19)22/h1-12,27-29H. The van der Waals surface area contributed by atoms with Gasteiger partial charge >= 0.3 is 0 Å². The first-order valence-electron chi connectivity index (χ1n) is 9.54. The van der Waals surface area contributed by atoms with Crippen LogP contribution in [0.15, 0.2) is 73.1 Å². The average molecular weight is 399 g/mol. The van der Waals surface area contributed by atoms with Crippen LogP contribution in [-0.2, 0) is 5.54 Å². The highest BCUT2D eigenvalue weighted by molar-refractivity contribution is 6.18. The van der Waals surface area contributed by atoms with Crippen LogP contribution < -0.4 is 5.32 Å². The molecule has 0 bridgehead atoms. The van der Waals surface area contributed by atoms with E-state index in [1.165, 1.54) is 24.3 Å². The predicted octanol–water partition coefficient (Wildman–Crippen LogP) is 5.48. The number of anilines is 1. The number of aromatic amines is 2. The summed E-state index contributed by atoms with van der Waals surface area (Å²) >= 11 is 0. The number of ketones is 1. The monoisotopic (exact) mass is 399 g/mol. The molecule has 4 nitrogen and oxygen atoms in total. The number of carbonyl (C=O) groups is 1. The molecule has 0 fully saturated rings. The Labute approximate surface area is 169 Å². The number of aromatic nitrogens is 2. The molecule has 146 valence electrons. The molecule has 0 aliphatic carbocycles. The zero-order valence-corrected chi connectivity index (χ0v) is 15.6. The minimum absolute atomic E-state index is 0.117. The molecule has 0 radical (unpaired) electrons. The molecule has 0 saturated carbocycles. The van der Waals surface area contributed by atoms with Crippen molar-refractivity contribution in [3.05, 3.63) is 101 Å². The highest BCUT2D eigenvalue weighted by Crippen LogP contribution is 2.47. The van der Waals surface area contributed by atoms with Crippen molar-refractivity contribution in [1.82, 2.24) is 9.97 Å². The van der Waals surface area contributed by atoms with E-state index < -0.39 is 5.54 Å². The second-order valence-corrected chi connectivity index (χ2v) is 7.53. The Morgan fingerprint density at radius 2 is 1.30 bits per heavy atom. The first kappa shape index (κ1) is 17.0. The SMILES string of the molecule is O=C1c2ccccc2NC1(c1c[nH]c2cc(F)ccc12)c1c[nH]c2cc(F)ccc12. The molecule has 1 aliphatic rings. The van der Waals surface area contributed by atoms with E-state index in [9.17, 15) is 13.6 Å². The molecule has 30 heavy (non-hydrogen) atoms. The summed E-state index contributed by atoms with van der Waals surface area (Å²) in [7, 11) is 0. The van der Waals surface area contributed by atoms with Crippen molar-refractivity contribution in [2.75, 3.05) is 5.32 Å². The van der Waals surface area contributed by atoms with Crippen LogP contribution in [0.25, 0.3) is 21.8 Å². The van der Waals surface area contributed by atoms with Crippen LogP contribution >= 0.6 is 0 Å². The zero-order valence-electron chi connectivity index (χ0n) is 15.6. The van der Waals surface area contributed by atoms with Gasteiger partial charge in [0.2, 0.25) is 0 Å². The van der Waals surface area contributed by atoms with Crippen LogP contribution in [0, 0.1) is 11.6 Å². The van der Waals surface area contributed by atoms with Gasteiger partial charge in [0, 0.05) is 56.6 Å². The average Bonchev–Trinajstić information content (AvgIpc) is 3.42. The quantitative estimate of drug-likeness (QED) is 0.368. The van der Waals surface area contributed by atoms with Crippen molar-refractivity contribution >= 4 is 33.3 Å².